The highest BCUT2D eigenvalue weighted by molar-refractivity contribution is 7.92. The van der Waals surface area contributed by atoms with Gasteiger partial charge in [-0.3, -0.25) is 13.9 Å². The standard InChI is InChI=1S/C33H35N3O4S/c1-25-14-18-28(19-15-25)23-35(31(33(38)34-3)22-27-10-6-4-7-11-27)32(37)24-36(29-12-8-5-9-13-29)41(39,40)30-20-16-26(2)17-21-30/h4-21,31H,22-24H2,1-3H3,(H,34,38)/t31-/m1/s1. The van der Waals surface area contributed by atoms with Crippen molar-refractivity contribution in [2.24, 2.45) is 0 Å². The topological polar surface area (TPSA) is 86.8 Å². The highest BCUT2D eigenvalue weighted by Gasteiger charge is 2.34. The van der Waals surface area contributed by atoms with E-state index in [1.54, 1.807) is 42.5 Å². The van der Waals surface area contributed by atoms with E-state index < -0.39 is 28.5 Å². The minimum atomic E-state index is -4.10. The molecule has 212 valence electrons. The lowest BCUT2D eigenvalue weighted by atomic mass is 10.0. The summed E-state index contributed by atoms with van der Waals surface area (Å²) in [6, 6.07) is 31.4. The monoisotopic (exact) mass is 569 g/mol. The van der Waals surface area contributed by atoms with Gasteiger partial charge in [-0.25, -0.2) is 8.42 Å². The maximum Gasteiger partial charge on any atom is 0.264 e. The molecule has 0 fully saturated rings. The van der Waals surface area contributed by atoms with Crippen molar-refractivity contribution >= 4 is 27.5 Å². The Bertz CT molecular complexity index is 1560. The molecule has 0 heterocycles. The molecule has 4 aromatic carbocycles. The van der Waals surface area contributed by atoms with Crippen molar-refractivity contribution in [1.29, 1.82) is 0 Å². The number of nitrogens with zero attached hydrogens (tertiary/aromatic N) is 2. The molecule has 4 rings (SSSR count). The van der Waals surface area contributed by atoms with E-state index in [9.17, 15) is 18.0 Å². The smallest absolute Gasteiger partial charge is 0.264 e. The molecule has 0 spiro atoms. The molecular weight excluding hydrogens is 534 g/mol. The predicted molar refractivity (Wildman–Crippen MR) is 162 cm³/mol. The van der Waals surface area contributed by atoms with Crippen LogP contribution in [0.5, 0.6) is 0 Å². The molecule has 1 N–H and O–H groups in total. The van der Waals surface area contributed by atoms with Gasteiger partial charge in [0.2, 0.25) is 11.8 Å². The minimum absolute atomic E-state index is 0.0805. The fraction of sp³-hybridized carbons (Fsp3) is 0.212. The largest absolute Gasteiger partial charge is 0.357 e. The zero-order valence-corrected chi connectivity index (χ0v) is 24.3. The molecule has 0 saturated carbocycles. The normalized spacial score (nSPS) is 11.9. The van der Waals surface area contributed by atoms with Crippen molar-refractivity contribution in [1.82, 2.24) is 10.2 Å². The number of aryl methyl sites for hydroxylation is 2. The lowest BCUT2D eigenvalue weighted by Gasteiger charge is -2.33. The van der Waals surface area contributed by atoms with Gasteiger partial charge in [0.25, 0.3) is 10.0 Å². The van der Waals surface area contributed by atoms with Gasteiger partial charge in [-0.2, -0.15) is 0 Å². The molecule has 0 aliphatic carbocycles. The van der Waals surface area contributed by atoms with Gasteiger partial charge < -0.3 is 10.2 Å². The molecule has 4 aromatic rings. The number of anilines is 1. The molecular formula is C33H35N3O4S. The second-order valence-corrected chi connectivity index (χ2v) is 11.8. The van der Waals surface area contributed by atoms with Crippen molar-refractivity contribution in [3.8, 4) is 0 Å². The second kappa shape index (κ2) is 13.3. The quantitative estimate of drug-likeness (QED) is 0.279. The predicted octanol–water partition coefficient (Wildman–Crippen LogP) is 4.88. The maximum absolute atomic E-state index is 14.2. The summed E-state index contributed by atoms with van der Waals surface area (Å²) < 4.78 is 29.0. The van der Waals surface area contributed by atoms with Gasteiger partial charge in [-0.1, -0.05) is 96.1 Å². The number of para-hydroxylation sites is 1. The van der Waals surface area contributed by atoms with Gasteiger partial charge in [0.05, 0.1) is 10.6 Å². The lowest BCUT2D eigenvalue weighted by molar-refractivity contribution is -0.139. The number of amides is 2. The van der Waals surface area contributed by atoms with Crippen molar-refractivity contribution in [3.05, 3.63) is 131 Å². The summed E-state index contributed by atoms with van der Waals surface area (Å²) in [5.41, 5.74) is 4.06. The number of nitrogens with one attached hydrogen (secondary N) is 1. The van der Waals surface area contributed by atoms with Crippen LogP contribution >= 0.6 is 0 Å². The number of sulfonamides is 1. The molecule has 41 heavy (non-hydrogen) atoms. The maximum atomic E-state index is 14.2. The molecule has 0 unspecified atom stereocenters. The molecule has 0 aliphatic heterocycles. The third kappa shape index (κ3) is 7.41. The average Bonchev–Trinajstić information content (AvgIpc) is 2.99. The molecule has 0 radical (unpaired) electrons. The summed E-state index contributed by atoms with van der Waals surface area (Å²) in [5, 5.41) is 2.70. The SMILES string of the molecule is CNC(=O)[C@@H](Cc1ccccc1)N(Cc1ccc(C)cc1)C(=O)CN(c1ccccc1)S(=O)(=O)c1ccc(C)cc1. The third-order valence-electron chi connectivity index (χ3n) is 6.92. The van der Waals surface area contributed by atoms with Crippen molar-refractivity contribution in [2.75, 3.05) is 17.9 Å². The number of carbonyl (C=O) groups is 2. The first-order valence-electron chi connectivity index (χ1n) is 13.4. The fourth-order valence-electron chi connectivity index (χ4n) is 4.57. The van der Waals surface area contributed by atoms with E-state index in [0.717, 1.165) is 26.6 Å². The van der Waals surface area contributed by atoms with E-state index in [4.69, 9.17) is 0 Å². The van der Waals surface area contributed by atoms with Gasteiger partial charge in [-0.15, -0.1) is 0 Å². The molecule has 0 aliphatic rings. The van der Waals surface area contributed by atoms with Crippen LogP contribution in [0.25, 0.3) is 0 Å². The first kappa shape index (κ1) is 29.6. The number of hydrogen-bond acceptors (Lipinski definition) is 4. The third-order valence-corrected chi connectivity index (χ3v) is 8.71. The van der Waals surface area contributed by atoms with Gasteiger partial charge in [-0.05, 0) is 49.2 Å². The molecule has 7 nitrogen and oxygen atoms in total. The van der Waals surface area contributed by atoms with Crippen LogP contribution in [0.4, 0.5) is 5.69 Å². The Morgan fingerprint density at radius 1 is 0.732 bits per heavy atom. The summed E-state index contributed by atoms with van der Waals surface area (Å²) in [6.45, 7) is 3.51. The van der Waals surface area contributed by atoms with Crippen molar-refractivity contribution in [2.45, 2.75) is 37.8 Å². The number of likely N-dealkylation sites (N-methyl/N-ethyl adjacent to an activating group) is 1. The Balaban J connectivity index is 1.76. The Kier molecular flexibility index (Phi) is 9.57. The molecule has 0 aromatic heterocycles. The first-order valence-corrected chi connectivity index (χ1v) is 14.9. The molecule has 1 atom stereocenters. The fourth-order valence-corrected chi connectivity index (χ4v) is 5.99. The van der Waals surface area contributed by atoms with Gasteiger partial charge >= 0.3 is 0 Å². The zero-order chi connectivity index (χ0) is 29.4. The van der Waals surface area contributed by atoms with Gasteiger partial charge in [0.1, 0.15) is 12.6 Å². The van der Waals surface area contributed by atoms with Crippen LogP contribution in [-0.4, -0.2) is 44.8 Å². The second-order valence-electron chi connectivity index (χ2n) is 9.99. The van der Waals surface area contributed by atoms with Gasteiger partial charge in [0.15, 0.2) is 0 Å². The molecule has 2 amide bonds. The zero-order valence-electron chi connectivity index (χ0n) is 23.5. The van der Waals surface area contributed by atoms with E-state index in [2.05, 4.69) is 5.32 Å². The summed E-state index contributed by atoms with van der Waals surface area (Å²) in [4.78, 5) is 29.1. The highest BCUT2D eigenvalue weighted by atomic mass is 32.2. The average molecular weight is 570 g/mol. The van der Waals surface area contributed by atoms with Gasteiger partial charge in [0, 0.05) is 20.0 Å². The van der Waals surface area contributed by atoms with Crippen LogP contribution in [0.2, 0.25) is 0 Å². The summed E-state index contributed by atoms with van der Waals surface area (Å²) in [5.74, 6) is -0.823. The summed E-state index contributed by atoms with van der Waals surface area (Å²) >= 11 is 0. The van der Waals surface area contributed by atoms with Crippen LogP contribution in [0.1, 0.15) is 22.3 Å². The number of benzene rings is 4. The van der Waals surface area contributed by atoms with Crippen LogP contribution in [0.3, 0.4) is 0 Å². The van der Waals surface area contributed by atoms with E-state index in [0.29, 0.717) is 5.69 Å². The Labute approximate surface area is 242 Å². The molecule has 0 saturated heterocycles. The Hall–Kier alpha value is -4.43. The van der Waals surface area contributed by atoms with E-state index in [1.165, 1.54) is 24.1 Å². The van der Waals surface area contributed by atoms with Crippen LogP contribution in [0.15, 0.2) is 114 Å². The minimum Gasteiger partial charge on any atom is -0.357 e. The number of rotatable bonds is 11. The molecule has 0 bridgehead atoms. The summed E-state index contributed by atoms with van der Waals surface area (Å²) in [7, 11) is -2.57. The molecule has 8 heteroatoms. The Morgan fingerprint density at radius 2 is 1.27 bits per heavy atom. The first-order chi connectivity index (χ1) is 19.7. The number of carbonyl (C=O) groups excluding carboxylic acids is 2. The van der Waals surface area contributed by atoms with E-state index in [-0.39, 0.29) is 23.8 Å². The van der Waals surface area contributed by atoms with Crippen LogP contribution < -0.4 is 9.62 Å². The summed E-state index contributed by atoms with van der Waals surface area (Å²) in [6.07, 6.45) is 0.272. The van der Waals surface area contributed by atoms with E-state index in [1.807, 2.05) is 68.4 Å². The van der Waals surface area contributed by atoms with E-state index >= 15 is 0 Å². The lowest BCUT2D eigenvalue weighted by Crippen LogP contribution is -2.53. The van der Waals surface area contributed by atoms with Crippen molar-refractivity contribution in [3.63, 3.8) is 0 Å². The number of hydrogen-bond donors (Lipinski definition) is 1. The van der Waals surface area contributed by atoms with Crippen molar-refractivity contribution < 1.29 is 18.0 Å². The highest BCUT2D eigenvalue weighted by Crippen LogP contribution is 2.25. The van der Waals surface area contributed by atoms with Crippen LogP contribution in [0, 0.1) is 13.8 Å². The Morgan fingerprint density at radius 3 is 1.83 bits per heavy atom. The van der Waals surface area contributed by atoms with Crippen LogP contribution in [-0.2, 0) is 32.6 Å².